The number of nitrogens with one attached hydrogen (secondary N) is 1. The number of benzene rings is 1. The molecule has 1 N–H and O–H groups in total. The molecule has 1 unspecified atom stereocenters. The van der Waals surface area contributed by atoms with Crippen molar-refractivity contribution in [3.63, 3.8) is 0 Å². The van der Waals surface area contributed by atoms with E-state index in [1.54, 1.807) is 20.5 Å². The zero-order valence-corrected chi connectivity index (χ0v) is 14.3. The third kappa shape index (κ3) is 2.86. The molecule has 2 fully saturated rings. The first-order valence-corrected chi connectivity index (χ1v) is 8.69. The van der Waals surface area contributed by atoms with E-state index in [1.807, 2.05) is 12.1 Å². The van der Waals surface area contributed by atoms with Crippen LogP contribution in [0.3, 0.4) is 0 Å². The fraction of sp³-hybridized carbons (Fsp3) is 0.556. The molecule has 1 saturated carbocycles. The van der Waals surface area contributed by atoms with Crippen molar-refractivity contribution in [2.45, 2.75) is 44.3 Å². The highest BCUT2D eigenvalue weighted by atomic mass is 16.5. The summed E-state index contributed by atoms with van der Waals surface area (Å²) in [6.45, 7) is 1.02. The van der Waals surface area contributed by atoms with Gasteiger partial charge in [0.25, 0.3) is 0 Å². The molecule has 0 bridgehead atoms. The molecular formula is C18H24N4O2. The van der Waals surface area contributed by atoms with Crippen molar-refractivity contribution in [2.24, 2.45) is 0 Å². The SMILES string of the molecule is COc1cc2ncnc(N3CCCCC3NC3CC3)c2cc1OC. The van der Waals surface area contributed by atoms with Gasteiger partial charge in [0.1, 0.15) is 12.1 Å². The number of aromatic nitrogens is 2. The maximum Gasteiger partial charge on any atom is 0.162 e. The Kier molecular flexibility index (Phi) is 4.14. The van der Waals surface area contributed by atoms with Gasteiger partial charge in [0.15, 0.2) is 11.5 Å². The van der Waals surface area contributed by atoms with Crippen LogP contribution in [0.4, 0.5) is 5.82 Å². The van der Waals surface area contributed by atoms with Crippen LogP contribution in [0.25, 0.3) is 10.9 Å². The number of methoxy groups -OCH3 is 2. The van der Waals surface area contributed by atoms with E-state index in [0.29, 0.717) is 23.7 Å². The van der Waals surface area contributed by atoms with E-state index in [-0.39, 0.29) is 0 Å². The summed E-state index contributed by atoms with van der Waals surface area (Å²) in [5.74, 6) is 2.39. The van der Waals surface area contributed by atoms with Crippen molar-refractivity contribution < 1.29 is 9.47 Å². The highest BCUT2D eigenvalue weighted by Crippen LogP contribution is 2.36. The first kappa shape index (κ1) is 15.4. The van der Waals surface area contributed by atoms with Crippen LogP contribution in [0.5, 0.6) is 11.5 Å². The van der Waals surface area contributed by atoms with Gasteiger partial charge in [-0.15, -0.1) is 0 Å². The molecule has 1 atom stereocenters. The molecule has 1 aliphatic heterocycles. The molecule has 0 spiro atoms. The van der Waals surface area contributed by atoms with Crippen LogP contribution in [-0.2, 0) is 0 Å². The molecule has 24 heavy (non-hydrogen) atoms. The van der Waals surface area contributed by atoms with Crippen molar-refractivity contribution in [1.82, 2.24) is 15.3 Å². The molecule has 4 rings (SSSR count). The normalized spacial score (nSPS) is 21.1. The third-order valence-corrected chi connectivity index (χ3v) is 4.90. The number of nitrogens with zero attached hydrogens (tertiary/aromatic N) is 3. The number of piperidine rings is 1. The molecule has 6 heteroatoms. The number of hydrogen-bond acceptors (Lipinski definition) is 6. The molecule has 6 nitrogen and oxygen atoms in total. The van der Waals surface area contributed by atoms with Gasteiger partial charge in [0, 0.05) is 24.0 Å². The topological polar surface area (TPSA) is 59.5 Å². The van der Waals surface area contributed by atoms with Crippen LogP contribution in [0.2, 0.25) is 0 Å². The summed E-state index contributed by atoms with van der Waals surface area (Å²) >= 11 is 0. The zero-order chi connectivity index (χ0) is 16.5. The molecule has 1 aromatic carbocycles. The maximum atomic E-state index is 5.47. The van der Waals surface area contributed by atoms with Gasteiger partial charge in [-0.1, -0.05) is 0 Å². The fourth-order valence-electron chi connectivity index (χ4n) is 3.48. The standard InChI is InChI=1S/C18H24N4O2/c1-23-15-9-13-14(10-16(15)24-2)19-11-20-18(13)22-8-4-3-5-17(22)21-12-6-7-12/h9-12,17,21H,3-8H2,1-2H3. The lowest BCUT2D eigenvalue weighted by Gasteiger charge is -2.37. The van der Waals surface area contributed by atoms with Gasteiger partial charge in [-0.2, -0.15) is 0 Å². The summed E-state index contributed by atoms with van der Waals surface area (Å²) in [5.41, 5.74) is 0.883. The minimum atomic E-state index is 0.359. The van der Waals surface area contributed by atoms with Crippen LogP contribution in [-0.4, -0.2) is 42.9 Å². The lowest BCUT2D eigenvalue weighted by molar-refractivity contribution is 0.355. The number of rotatable bonds is 5. The van der Waals surface area contributed by atoms with Crippen molar-refractivity contribution in [1.29, 1.82) is 0 Å². The second kappa shape index (κ2) is 6.43. The summed E-state index contributed by atoms with van der Waals surface area (Å²) in [6.07, 6.45) is 8.21. The number of anilines is 1. The Morgan fingerprint density at radius 2 is 1.83 bits per heavy atom. The molecule has 0 amide bonds. The first-order chi connectivity index (χ1) is 11.8. The van der Waals surface area contributed by atoms with Gasteiger partial charge in [0.2, 0.25) is 0 Å². The monoisotopic (exact) mass is 328 g/mol. The van der Waals surface area contributed by atoms with Gasteiger partial charge in [-0.05, 0) is 38.2 Å². The molecule has 1 aromatic heterocycles. The summed E-state index contributed by atoms with van der Waals surface area (Å²) in [4.78, 5) is 11.4. The molecule has 2 heterocycles. The molecular weight excluding hydrogens is 304 g/mol. The van der Waals surface area contributed by atoms with Crippen LogP contribution in [0, 0.1) is 0 Å². The number of hydrogen-bond donors (Lipinski definition) is 1. The summed E-state index contributed by atoms with van der Waals surface area (Å²) in [6, 6.07) is 4.59. The lowest BCUT2D eigenvalue weighted by Crippen LogP contribution is -2.50. The Bertz CT molecular complexity index is 732. The third-order valence-electron chi connectivity index (χ3n) is 4.90. The Labute approximate surface area is 142 Å². The van der Waals surface area contributed by atoms with Gasteiger partial charge >= 0.3 is 0 Å². The molecule has 1 aliphatic carbocycles. The number of ether oxygens (including phenoxy) is 2. The largest absolute Gasteiger partial charge is 0.493 e. The van der Waals surface area contributed by atoms with E-state index < -0.39 is 0 Å². The molecule has 2 aliphatic rings. The van der Waals surface area contributed by atoms with Crippen LogP contribution in [0.15, 0.2) is 18.5 Å². The van der Waals surface area contributed by atoms with Crippen molar-refractivity contribution in [3.05, 3.63) is 18.5 Å². The quantitative estimate of drug-likeness (QED) is 0.911. The molecule has 1 saturated heterocycles. The average Bonchev–Trinajstić information content (AvgIpc) is 3.44. The highest BCUT2D eigenvalue weighted by Gasteiger charge is 2.31. The van der Waals surface area contributed by atoms with Crippen molar-refractivity contribution >= 4 is 16.7 Å². The molecule has 2 aromatic rings. The van der Waals surface area contributed by atoms with E-state index >= 15 is 0 Å². The van der Waals surface area contributed by atoms with E-state index in [1.165, 1.54) is 25.7 Å². The summed E-state index contributed by atoms with van der Waals surface area (Å²) in [7, 11) is 3.30. The number of fused-ring (bicyclic) bond motifs is 1. The van der Waals surface area contributed by atoms with E-state index in [4.69, 9.17) is 9.47 Å². The van der Waals surface area contributed by atoms with Crippen LogP contribution in [0.1, 0.15) is 32.1 Å². The Hall–Kier alpha value is -2.08. The van der Waals surface area contributed by atoms with Crippen molar-refractivity contribution in [2.75, 3.05) is 25.7 Å². The Morgan fingerprint density at radius 1 is 1.04 bits per heavy atom. The van der Waals surface area contributed by atoms with E-state index in [2.05, 4.69) is 20.2 Å². The van der Waals surface area contributed by atoms with Crippen LogP contribution < -0.4 is 19.7 Å². The fourth-order valence-corrected chi connectivity index (χ4v) is 3.48. The minimum Gasteiger partial charge on any atom is -0.493 e. The second-order valence-electron chi connectivity index (χ2n) is 6.57. The zero-order valence-electron chi connectivity index (χ0n) is 14.3. The smallest absolute Gasteiger partial charge is 0.162 e. The minimum absolute atomic E-state index is 0.359. The maximum absolute atomic E-state index is 5.47. The molecule has 128 valence electrons. The predicted octanol–water partition coefficient (Wildman–Crippen LogP) is 2.72. The van der Waals surface area contributed by atoms with E-state index in [0.717, 1.165) is 29.7 Å². The van der Waals surface area contributed by atoms with Gasteiger partial charge in [-0.25, -0.2) is 9.97 Å². The first-order valence-electron chi connectivity index (χ1n) is 8.69. The summed E-state index contributed by atoms with van der Waals surface area (Å²) < 4.78 is 10.9. The van der Waals surface area contributed by atoms with Crippen LogP contribution >= 0.6 is 0 Å². The Balaban J connectivity index is 1.76. The lowest BCUT2D eigenvalue weighted by atomic mass is 10.1. The van der Waals surface area contributed by atoms with E-state index in [9.17, 15) is 0 Å². The molecule has 0 radical (unpaired) electrons. The van der Waals surface area contributed by atoms with Gasteiger partial charge < -0.3 is 14.4 Å². The van der Waals surface area contributed by atoms with Gasteiger partial charge in [0.05, 0.1) is 25.9 Å². The predicted molar refractivity (Wildman–Crippen MR) is 93.8 cm³/mol. The highest BCUT2D eigenvalue weighted by molar-refractivity contribution is 5.92. The van der Waals surface area contributed by atoms with Gasteiger partial charge in [-0.3, -0.25) is 5.32 Å². The van der Waals surface area contributed by atoms with Crippen molar-refractivity contribution in [3.8, 4) is 11.5 Å². The second-order valence-corrected chi connectivity index (χ2v) is 6.57. The average molecular weight is 328 g/mol. The summed E-state index contributed by atoms with van der Waals surface area (Å²) in [5, 5.41) is 4.78. The Morgan fingerprint density at radius 3 is 2.58 bits per heavy atom.